The number of morpholine rings is 1. The van der Waals surface area contributed by atoms with E-state index in [2.05, 4.69) is 4.74 Å². The summed E-state index contributed by atoms with van der Waals surface area (Å²) in [5.74, 6) is -0.624. The van der Waals surface area contributed by atoms with Crippen LogP contribution in [0.4, 0.5) is 5.69 Å². The van der Waals surface area contributed by atoms with Crippen molar-refractivity contribution in [3.8, 4) is 0 Å². The van der Waals surface area contributed by atoms with Gasteiger partial charge in [-0.25, -0.2) is 0 Å². The van der Waals surface area contributed by atoms with E-state index in [0.717, 1.165) is 11.8 Å². The molecule has 2 rings (SSSR count). The van der Waals surface area contributed by atoms with Crippen molar-refractivity contribution in [2.24, 2.45) is 0 Å². The first-order chi connectivity index (χ1) is 11.9. The molecule has 0 radical (unpaired) electrons. The lowest BCUT2D eigenvalue weighted by molar-refractivity contribution is -0.387. The van der Waals surface area contributed by atoms with Gasteiger partial charge in [-0.1, -0.05) is 11.6 Å². The van der Waals surface area contributed by atoms with E-state index in [1.165, 1.54) is 25.3 Å². The molecular weight excluding hydrogens is 372 g/mol. The molecule has 1 amide bonds. The van der Waals surface area contributed by atoms with Gasteiger partial charge in [0.15, 0.2) is 0 Å². The molecule has 0 aliphatic carbocycles. The number of ether oxygens (including phenoxy) is 2. The van der Waals surface area contributed by atoms with Crippen LogP contribution in [0, 0.1) is 10.1 Å². The van der Waals surface area contributed by atoms with Gasteiger partial charge >= 0.3 is 5.97 Å². The molecule has 136 valence electrons. The number of hydrogen-bond acceptors (Lipinski definition) is 7. The number of thioether (sulfide) groups is 1. The van der Waals surface area contributed by atoms with Crippen molar-refractivity contribution in [3.05, 3.63) is 33.3 Å². The van der Waals surface area contributed by atoms with E-state index in [-0.39, 0.29) is 35.4 Å². The zero-order valence-corrected chi connectivity index (χ0v) is 15.0. The molecule has 0 spiro atoms. The van der Waals surface area contributed by atoms with Crippen molar-refractivity contribution < 1.29 is 24.0 Å². The quantitative estimate of drug-likeness (QED) is 0.318. The first kappa shape index (κ1) is 19.5. The Labute approximate surface area is 153 Å². The van der Waals surface area contributed by atoms with E-state index in [1.54, 1.807) is 4.90 Å². The van der Waals surface area contributed by atoms with Gasteiger partial charge in [-0.15, -0.1) is 11.8 Å². The first-order valence-corrected chi connectivity index (χ1v) is 8.79. The van der Waals surface area contributed by atoms with Crippen LogP contribution >= 0.6 is 23.4 Å². The van der Waals surface area contributed by atoms with E-state index >= 15 is 0 Å². The predicted octanol–water partition coefficient (Wildman–Crippen LogP) is 2.13. The van der Waals surface area contributed by atoms with Gasteiger partial charge in [-0.2, -0.15) is 0 Å². The molecule has 1 heterocycles. The molecule has 1 atom stereocenters. The van der Waals surface area contributed by atoms with Gasteiger partial charge < -0.3 is 14.4 Å². The van der Waals surface area contributed by atoms with E-state index in [4.69, 9.17) is 16.3 Å². The summed E-state index contributed by atoms with van der Waals surface area (Å²) in [4.78, 5) is 36.5. The highest BCUT2D eigenvalue weighted by atomic mass is 35.5. The number of esters is 1. The Balaban J connectivity index is 2.03. The number of hydrogen-bond donors (Lipinski definition) is 0. The highest BCUT2D eigenvalue weighted by molar-refractivity contribution is 8.00. The van der Waals surface area contributed by atoms with Crippen LogP contribution < -0.4 is 0 Å². The minimum Gasteiger partial charge on any atom is -0.469 e. The fraction of sp³-hybridized carbons (Fsp3) is 0.467. The Morgan fingerprint density at radius 1 is 1.52 bits per heavy atom. The van der Waals surface area contributed by atoms with Gasteiger partial charge in [0, 0.05) is 17.6 Å². The summed E-state index contributed by atoms with van der Waals surface area (Å²) in [6.45, 7) is 1.01. The lowest BCUT2D eigenvalue weighted by atomic mass is 10.1. The zero-order chi connectivity index (χ0) is 18.4. The SMILES string of the molecule is COC(=O)C[C@@H]1COCCN1C(=O)CSc1ccc(Cl)cc1[N+](=O)[O-]. The number of halogens is 1. The molecule has 10 heteroatoms. The smallest absolute Gasteiger partial charge is 0.307 e. The Hall–Kier alpha value is -1.84. The molecular formula is C15H17ClN2O6S. The second-order valence-electron chi connectivity index (χ2n) is 5.25. The molecule has 0 bridgehead atoms. The van der Waals surface area contributed by atoms with Crippen molar-refractivity contribution >= 4 is 40.9 Å². The Morgan fingerprint density at radius 2 is 2.28 bits per heavy atom. The van der Waals surface area contributed by atoms with Gasteiger partial charge in [0.25, 0.3) is 5.69 Å². The van der Waals surface area contributed by atoms with Crippen LogP contribution in [0.25, 0.3) is 0 Å². The average molecular weight is 389 g/mol. The first-order valence-electron chi connectivity index (χ1n) is 7.43. The minimum absolute atomic E-state index is 0.0140. The number of nitro groups is 1. The summed E-state index contributed by atoms with van der Waals surface area (Å²) in [5.41, 5.74) is -0.140. The fourth-order valence-electron chi connectivity index (χ4n) is 2.41. The third-order valence-electron chi connectivity index (χ3n) is 3.65. The third-order valence-corrected chi connectivity index (χ3v) is 4.93. The van der Waals surface area contributed by atoms with Crippen LogP contribution in [0.1, 0.15) is 6.42 Å². The van der Waals surface area contributed by atoms with Crippen LogP contribution in [0.15, 0.2) is 23.1 Å². The van der Waals surface area contributed by atoms with Gasteiger partial charge in [0.2, 0.25) is 5.91 Å². The molecule has 0 saturated carbocycles. The summed E-state index contributed by atoms with van der Waals surface area (Å²) in [7, 11) is 1.29. The molecule has 1 aromatic carbocycles. The number of carbonyl (C=O) groups excluding carboxylic acids is 2. The van der Waals surface area contributed by atoms with E-state index in [9.17, 15) is 19.7 Å². The largest absolute Gasteiger partial charge is 0.469 e. The number of carbonyl (C=O) groups is 2. The normalized spacial score (nSPS) is 17.2. The van der Waals surface area contributed by atoms with Gasteiger partial charge in [0.05, 0.1) is 48.4 Å². The fourth-order valence-corrected chi connectivity index (χ4v) is 3.46. The van der Waals surface area contributed by atoms with Crippen LogP contribution in [0.2, 0.25) is 5.02 Å². The Kier molecular flexibility index (Phi) is 7.03. The number of methoxy groups -OCH3 is 1. The molecule has 1 aromatic rings. The van der Waals surface area contributed by atoms with E-state index in [0.29, 0.717) is 18.0 Å². The molecule has 1 saturated heterocycles. The maximum atomic E-state index is 12.5. The monoisotopic (exact) mass is 388 g/mol. The van der Waals surface area contributed by atoms with E-state index < -0.39 is 16.9 Å². The van der Waals surface area contributed by atoms with Gasteiger partial charge in [-0.3, -0.25) is 19.7 Å². The molecule has 1 fully saturated rings. The minimum atomic E-state index is -0.534. The summed E-state index contributed by atoms with van der Waals surface area (Å²) in [6.07, 6.45) is 0.0496. The molecule has 1 aliphatic rings. The Bertz CT molecular complexity index is 671. The molecule has 0 unspecified atom stereocenters. The molecule has 0 aromatic heterocycles. The number of benzene rings is 1. The van der Waals surface area contributed by atoms with Crippen LogP contribution in [0.3, 0.4) is 0 Å². The van der Waals surface area contributed by atoms with Crippen LogP contribution in [0.5, 0.6) is 0 Å². The lowest BCUT2D eigenvalue weighted by Gasteiger charge is -2.35. The Morgan fingerprint density at radius 3 is 2.96 bits per heavy atom. The van der Waals surface area contributed by atoms with Gasteiger partial charge in [0.1, 0.15) is 0 Å². The van der Waals surface area contributed by atoms with Crippen molar-refractivity contribution in [3.63, 3.8) is 0 Å². The maximum Gasteiger partial charge on any atom is 0.307 e. The zero-order valence-electron chi connectivity index (χ0n) is 13.5. The average Bonchev–Trinajstić information content (AvgIpc) is 2.60. The topological polar surface area (TPSA) is 99.0 Å². The number of rotatable bonds is 6. The highest BCUT2D eigenvalue weighted by Crippen LogP contribution is 2.32. The van der Waals surface area contributed by atoms with Crippen LogP contribution in [-0.2, 0) is 19.1 Å². The maximum absolute atomic E-state index is 12.5. The summed E-state index contributed by atoms with van der Waals surface area (Å²) >= 11 is 6.84. The summed E-state index contributed by atoms with van der Waals surface area (Å²) in [5, 5.41) is 11.4. The lowest BCUT2D eigenvalue weighted by Crippen LogP contribution is -2.50. The third kappa shape index (κ3) is 5.32. The molecule has 25 heavy (non-hydrogen) atoms. The second kappa shape index (κ2) is 9.02. The number of nitro benzene ring substituents is 1. The summed E-state index contributed by atoms with van der Waals surface area (Å²) < 4.78 is 9.96. The molecule has 8 nitrogen and oxygen atoms in total. The van der Waals surface area contributed by atoms with Crippen molar-refractivity contribution in [2.75, 3.05) is 32.6 Å². The van der Waals surface area contributed by atoms with Crippen molar-refractivity contribution in [2.45, 2.75) is 17.4 Å². The molecule has 0 N–H and O–H groups in total. The van der Waals surface area contributed by atoms with Crippen molar-refractivity contribution in [1.82, 2.24) is 4.90 Å². The van der Waals surface area contributed by atoms with Crippen molar-refractivity contribution in [1.29, 1.82) is 0 Å². The van der Waals surface area contributed by atoms with Crippen LogP contribution in [-0.4, -0.2) is 60.4 Å². The van der Waals surface area contributed by atoms with Gasteiger partial charge in [-0.05, 0) is 12.1 Å². The standard InChI is InChI=1S/C15H17ClN2O6S/c1-23-15(20)7-11-8-24-5-4-17(11)14(19)9-25-13-3-2-10(16)6-12(13)18(21)22/h2-3,6,11H,4-5,7-9H2,1H3/t11-/m1/s1. The molecule has 1 aliphatic heterocycles. The number of amides is 1. The second-order valence-corrected chi connectivity index (χ2v) is 6.71. The number of nitrogens with zero attached hydrogens (tertiary/aromatic N) is 2. The predicted molar refractivity (Wildman–Crippen MR) is 91.8 cm³/mol. The highest BCUT2D eigenvalue weighted by Gasteiger charge is 2.29. The summed E-state index contributed by atoms with van der Waals surface area (Å²) in [6, 6.07) is 3.91. The van der Waals surface area contributed by atoms with E-state index in [1.807, 2.05) is 0 Å².